The van der Waals surface area contributed by atoms with Crippen molar-refractivity contribution < 1.29 is 23.1 Å². The van der Waals surface area contributed by atoms with Crippen molar-refractivity contribution in [1.82, 2.24) is 15.2 Å². The molecular formula is C31H29F2N5O3. The van der Waals surface area contributed by atoms with Crippen LogP contribution in [0, 0.1) is 0 Å². The Labute approximate surface area is 235 Å². The van der Waals surface area contributed by atoms with Crippen molar-refractivity contribution in [3.63, 3.8) is 0 Å². The molecule has 1 aromatic heterocycles. The second kappa shape index (κ2) is 10.3. The quantitative estimate of drug-likeness (QED) is 0.289. The van der Waals surface area contributed by atoms with Gasteiger partial charge in [0.25, 0.3) is 0 Å². The average Bonchev–Trinajstić information content (AvgIpc) is 3.71. The smallest absolute Gasteiger partial charge is 0.241 e. The summed E-state index contributed by atoms with van der Waals surface area (Å²) in [6.07, 6.45) is -2.20. The molecule has 5 atom stereocenters. The second-order valence-electron chi connectivity index (χ2n) is 10.8. The molecule has 1 unspecified atom stereocenters. The maximum absolute atomic E-state index is 13.6. The number of benzene rings is 3. The number of carbonyl (C=O) groups is 2. The van der Waals surface area contributed by atoms with Crippen LogP contribution in [0.2, 0.25) is 0 Å². The van der Waals surface area contributed by atoms with Gasteiger partial charge in [0.05, 0.1) is 23.3 Å². The normalized spacial score (nSPS) is 24.9. The van der Waals surface area contributed by atoms with Gasteiger partial charge in [0, 0.05) is 59.9 Å². The first-order valence-electron chi connectivity index (χ1n) is 13.8. The number of halogens is 2. The predicted molar refractivity (Wildman–Crippen MR) is 152 cm³/mol. The largest absolute Gasteiger partial charge is 0.465 e. The maximum Gasteiger partial charge on any atom is 0.241 e. The van der Waals surface area contributed by atoms with Gasteiger partial charge in [0.2, 0.25) is 18.0 Å². The standard InChI is InChI=1S/C31H29F2N5O3/c32-19-12-24(34-15-19)29(39)36-21-7-9-26-18(10-21)11-27-23-8-6-22(37-30(40)25-13-20(33)16-35-25)14-28(23)41-31(38(26)27)17-4-2-1-3-5-17/h1-11,14,19-20,24-25,31,34-35H,12-13,15-16H2,(H,36,39)(H,37,40)/t19-,20+,24-,25-,31?/m0/s1. The molecule has 3 aromatic carbocycles. The van der Waals surface area contributed by atoms with Crippen molar-refractivity contribution in [2.24, 2.45) is 0 Å². The number of fused-ring (bicyclic) bond motifs is 5. The number of hydrogen-bond donors (Lipinski definition) is 4. The minimum atomic E-state index is -1.03. The van der Waals surface area contributed by atoms with Crippen LogP contribution in [0.5, 0.6) is 5.75 Å². The third-order valence-corrected chi connectivity index (χ3v) is 7.98. The number of ether oxygens (including phenoxy) is 1. The van der Waals surface area contributed by atoms with Gasteiger partial charge >= 0.3 is 0 Å². The van der Waals surface area contributed by atoms with E-state index in [4.69, 9.17) is 4.74 Å². The fraction of sp³-hybridized carbons (Fsp3) is 0.290. The molecule has 3 aliphatic heterocycles. The fourth-order valence-electron chi connectivity index (χ4n) is 5.93. The summed E-state index contributed by atoms with van der Waals surface area (Å²) >= 11 is 0. The Balaban J connectivity index is 1.23. The number of anilines is 2. The molecule has 0 bridgehead atoms. The van der Waals surface area contributed by atoms with Crippen LogP contribution in [-0.2, 0) is 9.59 Å². The first kappa shape index (κ1) is 25.7. The van der Waals surface area contributed by atoms with Gasteiger partial charge in [-0.15, -0.1) is 0 Å². The number of nitrogens with zero attached hydrogens (tertiary/aromatic N) is 1. The zero-order valence-electron chi connectivity index (χ0n) is 22.1. The van der Waals surface area contributed by atoms with Crippen molar-refractivity contribution >= 4 is 34.1 Å². The lowest BCUT2D eigenvalue weighted by atomic mass is 10.1. The summed E-state index contributed by atoms with van der Waals surface area (Å²) in [5.74, 6) is 0.0732. The van der Waals surface area contributed by atoms with Crippen LogP contribution < -0.4 is 26.0 Å². The zero-order chi connectivity index (χ0) is 28.1. The molecule has 4 heterocycles. The number of rotatable bonds is 5. The Bertz CT molecular complexity index is 1640. The number of nitrogens with one attached hydrogen (secondary N) is 4. The van der Waals surface area contributed by atoms with Gasteiger partial charge in [-0.1, -0.05) is 30.3 Å². The van der Waals surface area contributed by atoms with Gasteiger partial charge in [-0.3, -0.25) is 9.59 Å². The summed E-state index contributed by atoms with van der Waals surface area (Å²) in [6.45, 7) is 0.361. The van der Waals surface area contributed by atoms with Crippen LogP contribution in [0.15, 0.2) is 72.8 Å². The lowest BCUT2D eigenvalue weighted by Gasteiger charge is -2.30. The Hall–Kier alpha value is -4.28. The van der Waals surface area contributed by atoms with Gasteiger partial charge in [-0.2, -0.15) is 0 Å². The molecule has 4 N–H and O–H groups in total. The summed E-state index contributed by atoms with van der Waals surface area (Å²) in [4.78, 5) is 25.4. The van der Waals surface area contributed by atoms with Crippen molar-refractivity contribution in [3.05, 3.63) is 78.4 Å². The van der Waals surface area contributed by atoms with E-state index >= 15 is 0 Å². The van der Waals surface area contributed by atoms with E-state index in [9.17, 15) is 18.4 Å². The predicted octanol–water partition coefficient (Wildman–Crippen LogP) is 4.52. The molecule has 3 aliphatic rings. The Morgan fingerprint density at radius 1 is 0.805 bits per heavy atom. The Kier molecular flexibility index (Phi) is 6.44. The highest BCUT2D eigenvalue weighted by Crippen LogP contribution is 2.45. The molecule has 0 radical (unpaired) electrons. The van der Waals surface area contributed by atoms with Crippen molar-refractivity contribution in [2.75, 3.05) is 23.7 Å². The van der Waals surface area contributed by atoms with Gasteiger partial charge < -0.3 is 30.6 Å². The van der Waals surface area contributed by atoms with Crippen LogP contribution in [0.25, 0.3) is 22.2 Å². The number of amides is 2. The molecule has 0 aliphatic carbocycles. The SMILES string of the molecule is O=C(Nc1ccc2c(c1)cc1n2C(c2ccccc2)Oc2cc(NC(=O)[C@@H]3C[C@@H](F)CN3)ccc2-1)[C@@H]1C[C@H](F)CN1. The molecule has 2 saturated heterocycles. The van der Waals surface area contributed by atoms with E-state index in [2.05, 4.69) is 31.9 Å². The summed E-state index contributed by atoms with van der Waals surface area (Å²) in [6, 6.07) is 22.0. The molecule has 0 saturated carbocycles. The van der Waals surface area contributed by atoms with E-state index in [1.165, 1.54) is 0 Å². The number of aromatic nitrogens is 1. The third-order valence-electron chi connectivity index (χ3n) is 7.98. The maximum atomic E-state index is 13.6. The molecule has 210 valence electrons. The van der Waals surface area contributed by atoms with Crippen molar-refractivity contribution in [1.29, 1.82) is 0 Å². The Morgan fingerprint density at radius 3 is 2.07 bits per heavy atom. The average molecular weight is 558 g/mol. The fourth-order valence-corrected chi connectivity index (χ4v) is 5.93. The lowest BCUT2D eigenvalue weighted by Crippen LogP contribution is -2.35. The number of carbonyl (C=O) groups excluding carboxylic acids is 2. The molecule has 0 spiro atoms. The highest BCUT2D eigenvalue weighted by Gasteiger charge is 2.32. The van der Waals surface area contributed by atoms with Crippen molar-refractivity contribution in [2.45, 2.75) is 43.5 Å². The Morgan fingerprint density at radius 2 is 1.44 bits per heavy atom. The van der Waals surface area contributed by atoms with Crippen molar-refractivity contribution in [3.8, 4) is 17.0 Å². The van der Waals surface area contributed by atoms with E-state index in [0.717, 1.165) is 27.7 Å². The third kappa shape index (κ3) is 4.83. The van der Waals surface area contributed by atoms with E-state index in [1.54, 1.807) is 6.07 Å². The first-order valence-corrected chi connectivity index (χ1v) is 13.8. The molecule has 10 heteroatoms. The van der Waals surface area contributed by atoms with Crippen LogP contribution >= 0.6 is 0 Å². The topological polar surface area (TPSA) is 96.4 Å². The molecule has 8 nitrogen and oxygen atoms in total. The summed E-state index contributed by atoms with van der Waals surface area (Å²) < 4.78 is 35.9. The van der Waals surface area contributed by atoms with Crippen LogP contribution in [0.4, 0.5) is 20.2 Å². The first-order chi connectivity index (χ1) is 19.9. The molecule has 4 aromatic rings. The molecule has 2 amide bonds. The van der Waals surface area contributed by atoms with Crippen LogP contribution in [0.3, 0.4) is 0 Å². The van der Waals surface area contributed by atoms with E-state index in [0.29, 0.717) is 17.1 Å². The van der Waals surface area contributed by atoms with Gasteiger partial charge in [-0.05, 0) is 36.4 Å². The van der Waals surface area contributed by atoms with E-state index in [-0.39, 0.29) is 37.7 Å². The number of alkyl halides is 2. The van der Waals surface area contributed by atoms with Crippen LogP contribution in [0.1, 0.15) is 24.6 Å². The summed E-state index contributed by atoms with van der Waals surface area (Å²) in [7, 11) is 0. The van der Waals surface area contributed by atoms with Gasteiger partial charge in [0.1, 0.15) is 18.1 Å². The summed E-state index contributed by atoms with van der Waals surface area (Å²) in [5.41, 5.74) is 4.83. The summed E-state index contributed by atoms with van der Waals surface area (Å²) in [5, 5.41) is 12.5. The molecule has 7 rings (SSSR count). The number of hydrogen-bond acceptors (Lipinski definition) is 5. The minimum absolute atomic E-state index is 0.152. The molecule has 2 fully saturated rings. The van der Waals surface area contributed by atoms with E-state index < -0.39 is 30.7 Å². The monoisotopic (exact) mass is 557 g/mol. The highest BCUT2D eigenvalue weighted by molar-refractivity contribution is 5.99. The van der Waals surface area contributed by atoms with Crippen LogP contribution in [-0.4, -0.2) is 53.9 Å². The second-order valence-corrected chi connectivity index (χ2v) is 10.8. The molecule has 41 heavy (non-hydrogen) atoms. The molecular weight excluding hydrogens is 528 g/mol. The lowest BCUT2D eigenvalue weighted by molar-refractivity contribution is -0.118. The van der Waals surface area contributed by atoms with E-state index in [1.807, 2.05) is 60.7 Å². The van der Waals surface area contributed by atoms with Gasteiger partial charge in [0.15, 0.2) is 0 Å². The minimum Gasteiger partial charge on any atom is -0.465 e. The zero-order valence-corrected chi connectivity index (χ0v) is 22.1. The highest BCUT2D eigenvalue weighted by atomic mass is 19.1. The van der Waals surface area contributed by atoms with Gasteiger partial charge in [-0.25, -0.2) is 8.78 Å².